The van der Waals surface area contributed by atoms with Gasteiger partial charge in [0.2, 0.25) is 5.91 Å². The lowest BCUT2D eigenvalue weighted by molar-refractivity contribution is -0.114. The van der Waals surface area contributed by atoms with E-state index in [0.29, 0.717) is 12.5 Å². The van der Waals surface area contributed by atoms with Crippen molar-refractivity contribution < 1.29 is 14.3 Å². The molecule has 0 aliphatic carbocycles. The summed E-state index contributed by atoms with van der Waals surface area (Å²) in [5.41, 5.74) is 1.61. The number of hydrogen-bond acceptors (Lipinski definition) is 4. The van der Waals surface area contributed by atoms with Crippen LogP contribution in [0.3, 0.4) is 0 Å². The molecule has 0 saturated heterocycles. The predicted octanol–water partition coefficient (Wildman–Crippen LogP) is 4.17. The van der Waals surface area contributed by atoms with Crippen molar-refractivity contribution in [3.05, 3.63) is 48.5 Å². The van der Waals surface area contributed by atoms with E-state index in [-0.39, 0.29) is 12.5 Å². The summed E-state index contributed by atoms with van der Waals surface area (Å²) in [5.74, 6) is 2.12. The third kappa shape index (κ3) is 6.75. The van der Waals surface area contributed by atoms with E-state index in [2.05, 4.69) is 24.5 Å². The zero-order valence-electron chi connectivity index (χ0n) is 15.0. The highest BCUT2D eigenvalue weighted by molar-refractivity contribution is 5.93. The summed E-state index contributed by atoms with van der Waals surface area (Å²) in [5, 5.41) is 5.93. The van der Waals surface area contributed by atoms with Gasteiger partial charge in [-0.05, 0) is 60.9 Å². The Morgan fingerprint density at radius 3 is 2.16 bits per heavy atom. The minimum absolute atomic E-state index is 0.109. The smallest absolute Gasteiger partial charge is 0.243 e. The highest BCUT2D eigenvalue weighted by Crippen LogP contribution is 2.17. The van der Waals surface area contributed by atoms with Crippen molar-refractivity contribution in [3.8, 4) is 11.5 Å². The number of methoxy groups -OCH3 is 1. The molecular weight excluding hydrogens is 316 g/mol. The Balaban J connectivity index is 1.75. The summed E-state index contributed by atoms with van der Waals surface area (Å²) in [6, 6.07) is 14.9. The monoisotopic (exact) mass is 342 g/mol. The normalized spacial score (nSPS) is 10.4. The molecule has 0 unspecified atom stereocenters. The van der Waals surface area contributed by atoms with Gasteiger partial charge in [0.1, 0.15) is 11.5 Å². The topological polar surface area (TPSA) is 59.6 Å². The van der Waals surface area contributed by atoms with E-state index in [1.807, 2.05) is 24.3 Å². The second kappa shape index (κ2) is 9.57. The molecule has 5 heteroatoms. The highest BCUT2D eigenvalue weighted by atomic mass is 16.5. The number of anilines is 2. The third-order valence-electron chi connectivity index (χ3n) is 3.65. The van der Waals surface area contributed by atoms with Gasteiger partial charge in [0.15, 0.2) is 0 Å². The van der Waals surface area contributed by atoms with Crippen LogP contribution >= 0.6 is 0 Å². The Bertz CT molecular complexity index is 652. The first kappa shape index (κ1) is 18.6. The van der Waals surface area contributed by atoms with E-state index >= 15 is 0 Å². The molecule has 0 radical (unpaired) electrons. The van der Waals surface area contributed by atoms with Crippen LogP contribution in [0, 0.1) is 5.92 Å². The Labute approximate surface area is 149 Å². The summed E-state index contributed by atoms with van der Waals surface area (Å²) >= 11 is 0. The second-order valence-electron chi connectivity index (χ2n) is 6.19. The molecule has 0 atom stereocenters. The molecule has 0 heterocycles. The fourth-order valence-corrected chi connectivity index (χ4v) is 2.14. The first-order valence-corrected chi connectivity index (χ1v) is 8.47. The highest BCUT2D eigenvalue weighted by Gasteiger charge is 2.03. The summed E-state index contributed by atoms with van der Waals surface area (Å²) in [6.07, 6.45) is 1.03. The van der Waals surface area contributed by atoms with Gasteiger partial charge in [-0.25, -0.2) is 0 Å². The van der Waals surface area contributed by atoms with Crippen LogP contribution in [0.2, 0.25) is 0 Å². The predicted molar refractivity (Wildman–Crippen MR) is 102 cm³/mol. The first-order chi connectivity index (χ1) is 12.1. The van der Waals surface area contributed by atoms with Gasteiger partial charge in [-0.2, -0.15) is 0 Å². The Morgan fingerprint density at radius 1 is 0.960 bits per heavy atom. The van der Waals surface area contributed by atoms with Crippen molar-refractivity contribution in [2.24, 2.45) is 5.92 Å². The zero-order chi connectivity index (χ0) is 18.1. The maximum atomic E-state index is 12.0. The number of carbonyl (C=O) groups is 1. The van der Waals surface area contributed by atoms with Crippen molar-refractivity contribution in [1.29, 1.82) is 0 Å². The van der Waals surface area contributed by atoms with Crippen LogP contribution in [0.4, 0.5) is 11.4 Å². The molecule has 2 aromatic carbocycles. The third-order valence-corrected chi connectivity index (χ3v) is 3.65. The van der Waals surface area contributed by atoms with Crippen molar-refractivity contribution in [1.82, 2.24) is 0 Å². The zero-order valence-corrected chi connectivity index (χ0v) is 15.0. The summed E-state index contributed by atoms with van der Waals surface area (Å²) < 4.78 is 10.8. The van der Waals surface area contributed by atoms with Gasteiger partial charge in [0.25, 0.3) is 0 Å². The number of amides is 1. The minimum atomic E-state index is -0.109. The molecule has 0 spiro atoms. The molecule has 0 fully saturated rings. The largest absolute Gasteiger partial charge is 0.497 e. The molecule has 0 saturated carbocycles. The van der Waals surface area contributed by atoms with Gasteiger partial charge < -0.3 is 20.1 Å². The molecule has 1 amide bonds. The van der Waals surface area contributed by atoms with Crippen LogP contribution in [0.5, 0.6) is 11.5 Å². The van der Waals surface area contributed by atoms with Crippen LogP contribution in [0.15, 0.2) is 48.5 Å². The van der Waals surface area contributed by atoms with E-state index in [1.165, 1.54) is 0 Å². The maximum Gasteiger partial charge on any atom is 0.243 e. The molecule has 0 aromatic heterocycles. The van der Waals surface area contributed by atoms with Gasteiger partial charge in [-0.3, -0.25) is 4.79 Å². The molecule has 0 bridgehead atoms. The molecule has 5 nitrogen and oxygen atoms in total. The molecule has 134 valence electrons. The number of rotatable bonds is 9. The first-order valence-electron chi connectivity index (χ1n) is 8.47. The van der Waals surface area contributed by atoms with Gasteiger partial charge in [-0.15, -0.1) is 0 Å². The summed E-state index contributed by atoms with van der Waals surface area (Å²) in [7, 11) is 1.61. The average Bonchev–Trinajstić information content (AvgIpc) is 2.61. The fourth-order valence-electron chi connectivity index (χ4n) is 2.14. The second-order valence-corrected chi connectivity index (χ2v) is 6.19. The molecule has 25 heavy (non-hydrogen) atoms. The number of carbonyl (C=O) groups excluding carboxylic acids is 1. The Kier molecular flexibility index (Phi) is 7.14. The van der Waals surface area contributed by atoms with Crippen molar-refractivity contribution in [3.63, 3.8) is 0 Å². The standard InChI is InChI=1S/C20H26N2O3/c1-15(2)12-13-25-19-10-4-16(5-11-19)21-14-20(23)22-17-6-8-18(24-3)9-7-17/h4-11,15,21H,12-14H2,1-3H3,(H,22,23). The van der Waals surface area contributed by atoms with Crippen LogP contribution < -0.4 is 20.1 Å². The van der Waals surface area contributed by atoms with Crippen LogP contribution in [-0.2, 0) is 4.79 Å². The number of hydrogen-bond donors (Lipinski definition) is 2. The van der Waals surface area contributed by atoms with E-state index < -0.39 is 0 Å². The fraction of sp³-hybridized carbons (Fsp3) is 0.350. The van der Waals surface area contributed by atoms with E-state index in [9.17, 15) is 4.79 Å². The Hall–Kier alpha value is -2.69. The van der Waals surface area contributed by atoms with Crippen LogP contribution in [0.1, 0.15) is 20.3 Å². The van der Waals surface area contributed by atoms with Gasteiger partial charge in [-0.1, -0.05) is 13.8 Å². The number of ether oxygens (including phenoxy) is 2. The van der Waals surface area contributed by atoms with Gasteiger partial charge in [0, 0.05) is 11.4 Å². The number of nitrogens with one attached hydrogen (secondary N) is 2. The lowest BCUT2D eigenvalue weighted by Gasteiger charge is -2.10. The SMILES string of the molecule is COc1ccc(NC(=O)CNc2ccc(OCCC(C)C)cc2)cc1. The molecule has 2 N–H and O–H groups in total. The lowest BCUT2D eigenvalue weighted by atomic mass is 10.1. The summed E-state index contributed by atoms with van der Waals surface area (Å²) in [6.45, 7) is 5.26. The molecular formula is C20H26N2O3. The molecule has 2 aromatic rings. The van der Waals surface area contributed by atoms with E-state index in [0.717, 1.165) is 29.3 Å². The Morgan fingerprint density at radius 2 is 1.56 bits per heavy atom. The lowest BCUT2D eigenvalue weighted by Crippen LogP contribution is -2.21. The van der Waals surface area contributed by atoms with Gasteiger partial charge in [0.05, 0.1) is 20.3 Å². The minimum Gasteiger partial charge on any atom is -0.497 e. The van der Waals surface area contributed by atoms with E-state index in [1.54, 1.807) is 31.4 Å². The quantitative estimate of drug-likeness (QED) is 0.718. The average molecular weight is 342 g/mol. The van der Waals surface area contributed by atoms with Crippen LogP contribution in [-0.4, -0.2) is 26.2 Å². The molecule has 0 aliphatic rings. The van der Waals surface area contributed by atoms with Crippen molar-refractivity contribution in [2.45, 2.75) is 20.3 Å². The van der Waals surface area contributed by atoms with Crippen LogP contribution in [0.25, 0.3) is 0 Å². The van der Waals surface area contributed by atoms with E-state index in [4.69, 9.17) is 9.47 Å². The number of benzene rings is 2. The molecule has 0 aliphatic heterocycles. The molecule has 2 rings (SSSR count). The van der Waals surface area contributed by atoms with Crippen molar-refractivity contribution in [2.75, 3.05) is 30.9 Å². The summed E-state index contributed by atoms with van der Waals surface area (Å²) in [4.78, 5) is 12.0. The van der Waals surface area contributed by atoms with Gasteiger partial charge >= 0.3 is 0 Å². The van der Waals surface area contributed by atoms with Crippen molar-refractivity contribution >= 4 is 17.3 Å². The maximum absolute atomic E-state index is 12.0.